The predicted molar refractivity (Wildman–Crippen MR) is 172 cm³/mol. The number of halogens is 4. The van der Waals surface area contributed by atoms with Crippen molar-refractivity contribution < 1.29 is 55.8 Å². The summed E-state index contributed by atoms with van der Waals surface area (Å²) in [6.45, 7) is 12.8. The van der Waals surface area contributed by atoms with E-state index in [-0.39, 0.29) is 60.3 Å². The number of alkyl halides is 4. The Kier molecular flexibility index (Phi) is 13.7. The van der Waals surface area contributed by atoms with Crippen LogP contribution in [0.25, 0.3) is 0 Å². The molecule has 18 heteroatoms. The minimum Gasteiger partial charge on any atom is -0.462 e. The molecule has 0 unspecified atom stereocenters. The molecule has 2 aromatic rings. The summed E-state index contributed by atoms with van der Waals surface area (Å²) < 4.78 is 70.9. The first-order valence-corrected chi connectivity index (χ1v) is 16.6. The zero-order valence-electron chi connectivity index (χ0n) is 27.7. The van der Waals surface area contributed by atoms with Gasteiger partial charge in [0.25, 0.3) is 11.8 Å². The van der Waals surface area contributed by atoms with E-state index in [9.17, 15) is 28.8 Å². The van der Waals surface area contributed by atoms with Gasteiger partial charge in [-0.15, -0.1) is 22.7 Å². The van der Waals surface area contributed by atoms with Crippen molar-refractivity contribution in [2.45, 2.75) is 67.2 Å². The topological polar surface area (TPSA) is 151 Å². The Hall–Kier alpha value is -4.06. The first-order valence-electron chi connectivity index (χ1n) is 15.0. The zero-order valence-corrected chi connectivity index (χ0v) is 29.4. The number of esters is 2. The van der Waals surface area contributed by atoms with E-state index in [1.54, 1.807) is 38.3 Å². The fourth-order valence-electron chi connectivity index (χ4n) is 4.47. The molecule has 0 saturated heterocycles. The maximum Gasteiger partial charge on any atom is 0.396 e. The molecule has 0 bridgehead atoms. The van der Waals surface area contributed by atoms with Crippen molar-refractivity contribution in [3.63, 3.8) is 0 Å². The van der Waals surface area contributed by atoms with Crippen LogP contribution in [0.4, 0.5) is 27.6 Å². The highest BCUT2D eigenvalue weighted by Crippen LogP contribution is 2.41. The number of hydrogen-bond donors (Lipinski definition) is 2. The maximum atomic E-state index is 15.2. The van der Waals surface area contributed by atoms with Crippen LogP contribution < -0.4 is 10.6 Å². The van der Waals surface area contributed by atoms with Crippen molar-refractivity contribution in [1.29, 1.82) is 0 Å². The summed E-state index contributed by atoms with van der Waals surface area (Å²) in [6.07, 6.45) is 0. The molecule has 2 heterocycles. The fourth-order valence-corrected chi connectivity index (χ4v) is 6.78. The standard InChI is InChI=1S/C30H38F4N4O8S2/c1-9-37(10-2)23(39)19-15(7)17(25(41)45-13-5)21(47-19)35-27(43)29(31,32)30(33,34)28(44)36-22-18(26(42)46-14-6)16(8)20(48-22)24(40)38(11-3)12-4/h9-14H2,1-8H3,(H,35,43)(H,36,44). The van der Waals surface area contributed by atoms with Crippen LogP contribution in [-0.4, -0.2) is 96.6 Å². The summed E-state index contributed by atoms with van der Waals surface area (Å²) in [7, 11) is 0. The van der Waals surface area contributed by atoms with Crippen molar-refractivity contribution >= 4 is 68.2 Å². The minimum absolute atomic E-state index is 0.0342. The quantitative estimate of drug-likeness (QED) is 0.178. The van der Waals surface area contributed by atoms with E-state index in [1.807, 2.05) is 0 Å². The maximum absolute atomic E-state index is 15.2. The summed E-state index contributed by atoms with van der Waals surface area (Å²) in [5.74, 6) is -20.2. The second-order valence-electron chi connectivity index (χ2n) is 9.97. The number of ether oxygens (including phenoxy) is 2. The van der Waals surface area contributed by atoms with Gasteiger partial charge in [0, 0.05) is 26.2 Å². The lowest BCUT2D eigenvalue weighted by molar-refractivity contribution is -0.204. The van der Waals surface area contributed by atoms with Gasteiger partial charge in [-0.3, -0.25) is 19.2 Å². The molecule has 0 aromatic carbocycles. The van der Waals surface area contributed by atoms with Crippen LogP contribution in [0.2, 0.25) is 0 Å². The molecule has 0 spiro atoms. The summed E-state index contributed by atoms with van der Waals surface area (Å²) in [4.78, 5) is 79.5. The van der Waals surface area contributed by atoms with Gasteiger partial charge in [-0.2, -0.15) is 17.6 Å². The Balaban J connectivity index is 2.54. The van der Waals surface area contributed by atoms with E-state index in [4.69, 9.17) is 9.47 Å². The van der Waals surface area contributed by atoms with Crippen molar-refractivity contribution in [2.75, 3.05) is 50.0 Å². The molecule has 12 nitrogen and oxygen atoms in total. The molecule has 2 N–H and O–H groups in total. The summed E-state index contributed by atoms with van der Waals surface area (Å²) in [5.41, 5.74) is -1.05. The second kappa shape index (κ2) is 16.4. The lowest BCUT2D eigenvalue weighted by Crippen LogP contribution is -2.56. The van der Waals surface area contributed by atoms with E-state index < -0.39 is 68.5 Å². The number of nitrogens with one attached hydrogen (secondary N) is 2. The van der Waals surface area contributed by atoms with Crippen LogP contribution in [0.5, 0.6) is 0 Å². The Morgan fingerprint density at radius 3 is 1.15 bits per heavy atom. The van der Waals surface area contributed by atoms with Gasteiger partial charge in [-0.25, -0.2) is 9.59 Å². The van der Waals surface area contributed by atoms with Crippen LogP contribution in [0.3, 0.4) is 0 Å². The molecule has 48 heavy (non-hydrogen) atoms. The highest BCUT2D eigenvalue weighted by molar-refractivity contribution is 7.19. The number of amides is 4. The van der Waals surface area contributed by atoms with Gasteiger partial charge in [0.05, 0.1) is 34.1 Å². The van der Waals surface area contributed by atoms with Crippen molar-refractivity contribution in [2.24, 2.45) is 0 Å². The molecule has 0 saturated carbocycles. The third-order valence-electron chi connectivity index (χ3n) is 7.16. The van der Waals surface area contributed by atoms with Gasteiger partial charge < -0.3 is 29.9 Å². The Labute approximate surface area is 282 Å². The van der Waals surface area contributed by atoms with Gasteiger partial charge in [0.15, 0.2) is 0 Å². The molecule has 2 aromatic heterocycles. The van der Waals surface area contributed by atoms with Crippen LogP contribution in [0.15, 0.2) is 0 Å². The predicted octanol–water partition coefficient (Wildman–Crippen LogP) is 5.59. The molecule has 0 aliphatic rings. The third-order valence-corrected chi connectivity index (χ3v) is 9.55. The van der Waals surface area contributed by atoms with Gasteiger partial charge in [-0.05, 0) is 66.5 Å². The average Bonchev–Trinajstić information content (AvgIpc) is 3.53. The van der Waals surface area contributed by atoms with Crippen molar-refractivity contribution in [3.05, 3.63) is 32.0 Å². The number of rotatable bonds is 15. The molecule has 0 atom stereocenters. The number of carbonyl (C=O) groups excluding carboxylic acids is 6. The van der Waals surface area contributed by atoms with Gasteiger partial charge in [0.2, 0.25) is 0 Å². The molecule has 266 valence electrons. The number of nitrogens with zero attached hydrogens (tertiary/aromatic N) is 2. The number of thiophene rings is 2. The average molecular weight is 723 g/mol. The normalized spacial score (nSPS) is 11.5. The second-order valence-corrected chi connectivity index (χ2v) is 12.0. The summed E-state index contributed by atoms with van der Waals surface area (Å²) >= 11 is 0.816. The van der Waals surface area contributed by atoms with Crippen LogP contribution >= 0.6 is 22.7 Å². The Bertz CT molecular complexity index is 1450. The summed E-state index contributed by atoms with van der Waals surface area (Å²) in [5, 5.41) is 1.83. The molecule has 2 rings (SSSR count). The largest absolute Gasteiger partial charge is 0.462 e. The van der Waals surface area contributed by atoms with Gasteiger partial charge >= 0.3 is 35.6 Å². The van der Waals surface area contributed by atoms with Crippen LogP contribution in [0.1, 0.15) is 92.7 Å². The number of carbonyl (C=O) groups is 6. The first-order chi connectivity index (χ1) is 22.4. The molecule has 0 aliphatic heterocycles. The lowest BCUT2D eigenvalue weighted by atomic mass is 10.1. The van der Waals surface area contributed by atoms with Crippen LogP contribution in [0, 0.1) is 13.8 Å². The van der Waals surface area contributed by atoms with E-state index in [0.29, 0.717) is 22.7 Å². The molecule has 0 aliphatic carbocycles. The van der Waals surface area contributed by atoms with E-state index in [0.717, 1.165) is 0 Å². The van der Waals surface area contributed by atoms with Gasteiger partial charge in [0.1, 0.15) is 10.0 Å². The highest BCUT2D eigenvalue weighted by atomic mass is 32.1. The molecular weight excluding hydrogens is 684 g/mol. The third kappa shape index (κ3) is 7.80. The number of hydrogen-bond acceptors (Lipinski definition) is 10. The molecule has 4 amide bonds. The highest BCUT2D eigenvalue weighted by Gasteiger charge is 2.67. The van der Waals surface area contributed by atoms with E-state index in [2.05, 4.69) is 0 Å². The molecule has 0 radical (unpaired) electrons. The fraction of sp³-hybridized carbons (Fsp3) is 0.533. The zero-order chi connectivity index (χ0) is 36.7. The molecular formula is C30H38F4N4O8S2. The van der Waals surface area contributed by atoms with Crippen molar-refractivity contribution in [3.8, 4) is 0 Å². The smallest absolute Gasteiger partial charge is 0.396 e. The van der Waals surface area contributed by atoms with Crippen LogP contribution in [-0.2, 0) is 19.1 Å². The van der Waals surface area contributed by atoms with E-state index >= 15 is 17.6 Å². The SMILES string of the molecule is CCOC(=O)c1c(NC(=O)C(F)(F)C(F)(F)C(=O)Nc2sc(C(=O)N(CC)CC)c(C)c2C(=O)OCC)sc(C(=O)N(CC)CC)c1C. The first kappa shape index (κ1) is 40.1. The van der Waals surface area contributed by atoms with Gasteiger partial charge in [-0.1, -0.05) is 0 Å². The van der Waals surface area contributed by atoms with E-state index in [1.165, 1.54) is 37.5 Å². The summed E-state index contributed by atoms with van der Waals surface area (Å²) in [6, 6.07) is 0. The lowest BCUT2D eigenvalue weighted by Gasteiger charge is -2.24. The Morgan fingerprint density at radius 2 is 0.896 bits per heavy atom. The van der Waals surface area contributed by atoms with Crippen molar-refractivity contribution in [1.82, 2.24) is 9.80 Å². The minimum atomic E-state index is -5.74. The Morgan fingerprint density at radius 1 is 0.604 bits per heavy atom. The molecule has 0 fully saturated rings. The number of anilines is 2. The monoisotopic (exact) mass is 722 g/mol.